The van der Waals surface area contributed by atoms with E-state index in [1.165, 1.54) is 25.3 Å². The SMILES string of the molecule is CC(=O)O[C@H](C)/C(C)=C/[C@@H]1C(C)=CCCC1(C)C. The summed E-state index contributed by atoms with van der Waals surface area (Å²) in [5, 5.41) is 0. The van der Waals surface area contributed by atoms with E-state index in [0.29, 0.717) is 5.92 Å². The minimum absolute atomic E-state index is 0.131. The molecule has 1 aliphatic rings. The van der Waals surface area contributed by atoms with Crippen LogP contribution in [0.2, 0.25) is 0 Å². The smallest absolute Gasteiger partial charge is 0.303 e. The summed E-state index contributed by atoms with van der Waals surface area (Å²) in [5.41, 5.74) is 2.86. The Labute approximate surface area is 111 Å². The van der Waals surface area contributed by atoms with E-state index in [0.717, 1.165) is 5.57 Å². The van der Waals surface area contributed by atoms with E-state index in [4.69, 9.17) is 4.74 Å². The fourth-order valence-corrected chi connectivity index (χ4v) is 2.67. The third-order valence-corrected chi connectivity index (χ3v) is 4.00. The summed E-state index contributed by atoms with van der Waals surface area (Å²) in [7, 11) is 0. The Morgan fingerprint density at radius 2 is 2.11 bits per heavy atom. The summed E-state index contributed by atoms with van der Waals surface area (Å²) in [6, 6.07) is 0. The van der Waals surface area contributed by atoms with Gasteiger partial charge in [0.25, 0.3) is 0 Å². The Bertz CT molecular complexity index is 375. The molecule has 2 atom stereocenters. The van der Waals surface area contributed by atoms with Crippen molar-refractivity contribution in [3.8, 4) is 0 Å². The van der Waals surface area contributed by atoms with Crippen LogP contribution >= 0.6 is 0 Å². The van der Waals surface area contributed by atoms with Crippen LogP contribution in [0.1, 0.15) is 54.4 Å². The first kappa shape index (κ1) is 15.0. The molecule has 0 aromatic carbocycles. The third kappa shape index (κ3) is 3.72. The van der Waals surface area contributed by atoms with E-state index in [-0.39, 0.29) is 17.5 Å². The van der Waals surface area contributed by atoms with E-state index < -0.39 is 0 Å². The molecule has 0 heterocycles. The van der Waals surface area contributed by atoms with Gasteiger partial charge in [-0.3, -0.25) is 4.79 Å². The van der Waals surface area contributed by atoms with Gasteiger partial charge in [-0.2, -0.15) is 0 Å². The molecular formula is C16H26O2. The topological polar surface area (TPSA) is 26.3 Å². The Morgan fingerprint density at radius 3 is 2.61 bits per heavy atom. The zero-order valence-electron chi connectivity index (χ0n) is 12.5. The van der Waals surface area contributed by atoms with E-state index in [2.05, 4.69) is 32.9 Å². The molecule has 0 amide bonds. The quantitative estimate of drug-likeness (QED) is 0.552. The molecule has 0 spiro atoms. The van der Waals surface area contributed by atoms with Gasteiger partial charge in [0.1, 0.15) is 6.10 Å². The first-order chi connectivity index (χ1) is 8.24. The molecule has 1 aliphatic carbocycles. The fourth-order valence-electron chi connectivity index (χ4n) is 2.67. The lowest BCUT2D eigenvalue weighted by Crippen LogP contribution is -2.27. The van der Waals surface area contributed by atoms with Gasteiger partial charge in [-0.05, 0) is 44.6 Å². The Balaban J connectivity index is 2.88. The second kappa shape index (κ2) is 5.73. The molecule has 0 bridgehead atoms. The summed E-state index contributed by atoms with van der Waals surface area (Å²) < 4.78 is 5.23. The predicted molar refractivity (Wildman–Crippen MR) is 75.2 cm³/mol. The number of allylic oxidation sites excluding steroid dienone is 3. The maximum Gasteiger partial charge on any atom is 0.303 e. The zero-order chi connectivity index (χ0) is 13.9. The molecule has 0 aromatic rings. The maximum atomic E-state index is 11.0. The fraction of sp³-hybridized carbons (Fsp3) is 0.688. The highest BCUT2D eigenvalue weighted by atomic mass is 16.5. The van der Waals surface area contributed by atoms with Crippen LogP contribution in [0, 0.1) is 11.3 Å². The molecule has 0 saturated heterocycles. The van der Waals surface area contributed by atoms with Crippen LogP contribution in [0.15, 0.2) is 23.3 Å². The average molecular weight is 250 g/mol. The lowest BCUT2D eigenvalue weighted by atomic mass is 9.68. The van der Waals surface area contributed by atoms with Crippen molar-refractivity contribution in [1.29, 1.82) is 0 Å². The lowest BCUT2D eigenvalue weighted by molar-refractivity contribution is -0.143. The van der Waals surface area contributed by atoms with E-state index in [1.54, 1.807) is 0 Å². The molecule has 1 rings (SSSR count). The van der Waals surface area contributed by atoms with Crippen LogP contribution in [0.3, 0.4) is 0 Å². The van der Waals surface area contributed by atoms with Crippen LogP contribution in [0.4, 0.5) is 0 Å². The Hall–Kier alpha value is -1.05. The van der Waals surface area contributed by atoms with Crippen LogP contribution in [0.5, 0.6) is 0 Å². The summed E-state index contributed by atoms with van der Waals surface area (Å²) in [4.78, 5) is 11.0. The Kier molecular flexibility index (Phi) is 4.78. The molecule has 0 aliphatic heterocycles. The number of ether oxygens (including phenoxy) is 1. The summed E-state index contributed by atoms with van der Waals surface area (Å²) in [6.45, 7) is 12.3. The lowest BCUT2D eigenvalue weighted by Gasteiger charge is -2.37. The number of carbonyl (C=O) groups is 1. The van der Waals surface area contributed by atoms with Gasteiger partial charge in [0, 0.05) is 12.8 Å². The van der Waals surface area contributed by atoms with Gasteiger partial charge < -0.3 is 4.74 Å². The summed E-state index contributed by atoms with van der Waals surface area (Å²) in [6.07, 6.45) is 6.85. The van der Waals surface area contributed by atoms with Gasteiger partial charge in [-0.15, -0.1) is 0 Å². The molecule has 0 aromatic heterocycles. The van der Waals surface area contributed by atoms with Crippen LogP contribution in [-0.2, 0) is 9.53 Å². The number of rotatable bonds is 3. The highest BCUT2D eigenvalue weighted by molar-refractivity contribution is 5.66. The van der Waals surface area contributed by atoms with Gasteiger partial charge >= 0.3 is 5.97 Å². The van der Waals surface area contributed by atoms with Crippen LogP contribution in [0.25, 0.3) is 0 Å². The van der Waals surface area contributed by atoms with Crippen LogP contribution < -0.4 is 0 Å². The highest BCUT2D eigenvalue weighted by Gasteiger charge is 2.31. The van der Waals surface area contributed by atoms with Gasteiger partial charge in [-0.1, -0.05) is 31.6 Å². The highest BCUT2D eigenvalue weighted by Crippen LogP contribution is 2.42. The number of hydrogen-bond donors (Lipinski definition) is 0. The largest absolute Gasteiger partial charge is 0.458 e. The molecule has 18 heavy (non-hydrogen) atoms. The monoisotopic (exact) mass is 250 g/mol. The average Bonchev–Trinajstić information content (AvgIpc) is 2.22. The summed E-state index contributed by atoms with van der Waals surface area (Å²) in [5.74, 6) is 0.231. The van der Waals surface area contributed by atoms with Crippen molar-refractivity contribution >= 4 is 5.97 Å². The minimum Gasteiger partial charge on any atom is -0.458 e. The molecular weight excluding hydrogens is 224 g/mol. The second-order valence-electron chi connectivity index (χ2n) is 6.12. The molecule has 0 saturated carbocycles. The molecule has 2 nitrogen and oxygen atoms in total. The van der Waals surface area contributed by atoms with E-state index in [1.807, 2.05) is 13.8 Å². The van der Waals surface area contributed by atoms with Gasteiger partial charge in [-0.25, -0.2) is 0 Å². The zero-order valence-corrected chi connectivity index (χ0v) is 12.5. The molecule has 0 unspecified atom stereocenters. The van der Waals surface area contributed by atoms with Crippen molar-refractivity contribution in [1.82, 2.24) is 0 Å². The molecule has 102 valence electrons. The molecule has 0 fully saturated rings. The molecule has 2 heteroatoms. The number of esters is 1. The number of hydrogen-bond acceptors (Lipinski definition) is 2. The molecule has 0 radical (unpaired) electrons. The van der Waals surface area contributed by atoms with Crippen molar-refractivity contribution in [3.05, 3.63) is 23.3 Å². The van der Waals surface area contributed by atoms with Crippen molar-refractivity contribution in [2.75, 3.05) is 0 Å². The normalized spacial score (nSPS) is 25.3. The van der Waals surface area contributed by atoms with Crippen molar-refractivity contribution in [2.24, 2.45) is 11.3 Å². The van der Waals surface area contributed by atoms with Gasteiger partial charge in [0.2, 0.25) is 0 Å². The van der Waals surface area contributed by atoms with Crippen LogP contribution in [-0.4, -0.2) is 12.1 Å². The maximum absolute atomic E-state index is 11.0. The van der Waals surface area contributed by atoms with Crippen molar-refractivity contribution in [2.45, 2.75) is 60.5 Å². The second-order valence-corrected chi connectivity index (χ2v) is 6.12. The van der Waals surface area contributed by atoms with Gasteiger partial charge in [0.15, 0.2) is 0 Å². The predicted octanol–water partition coefficient (Wildman–Crippen LogP) is 4.27. The standard InChI is InChI=1S/C16H26O2/c1-11-8-7-9-16(5,6)15(11)10-12(2)13(3)18-14(4)17/h8,10,13,15H,7,9H2,1-6H3/b12-10+/t13-,15-/m1/s1. The number of carbonyl (C=O) groups excluding carboxylic acids is 1. The minimum atomic E-state index is -0.217. The first-order valence-electron chi connectivity index (χ1n) is 6.76. The van der Waals surface area contributed by atoms with Crippen molar-refractivity contribution < 1.29 is 9.53 Å². The Morgan fingerprint density at radius 1 is 1.50 bits per heavy atom. The summed E-state index contributed by atoms with van der Waals surface area (Å²) >= 11 is 0. The third-order valence-electron chi connectivity index (χ3n) is 4.00. The van der Waals surface area contributed by atoms with E-state index >= 15 is 0 Å². The first-order valence-corrected chi connectivity index (χ1v) is 6.76. The van der Waals surface area contributed by atoms with Crippen molar-refractivity contribution in [3.63, 3.8) is 0 Å². The van der Waals surface area contributed by atoms with Gasteiger partial charge in [0.05, 0.1) is 0 Å². The van der Waals surface area contributed by atoms with E-state index in [9.17, 15) is 4.79 Å². The molecule has 0 N–H and O–H groups in total.